The van der Waals surface area contributed by atoms with Crippen molar-refractivity contribution in [2.24, 2.45) is 0 Å². The molecule has 0 aliphatic carbocycles. The highest BCUT2D eigenvalue weighted by atomic mass is 16.2. The lowest BCUT2D eigenvalue weighted by Crippen LogP contribution is -2.51. The molecule has 0 aromatic heterocycles. The molecular weight excluding hydrogens is 202 g/mol. The van der Waals surface area contributed by atoms with Crippen molar-refractivity contribution in [1.82, 2.24) is 15.5 Å². The molecule has 1 saturated heterocycles. The Labute approximate surface area is 98.8 Å². The van der Waals surface area contributed by atoms with Crippen LogP contribution in [0.2, 0.25) is 0 Å². The van der Waals surface area contributed by atoms with Gasteiger partial charge in [-0.2, -0.15) is 0 Å². The van der Waals surface area contributed by atoms with Crippen molar-refractivity contribution in [3.63, 3.8) is 0 Å². The van der Waals surface area contributed by atoms with Crippen LogP contribution in [0.1, 0.15) is 33.1 Å². The summed E-state index contributed by atoms with van der Waals surface area (Å²) in [5.41, 5.74) is 0.260. The third-order valence-electron chi connectivity index (χ3n) is 3.50. The van der Waals surface area contributed by atoms with Crippen molar-refractivity contribution in [3.8, 4) is 0 Å². The summed E-state index contributed by atoms with van der Waals surface area (Å²) in [5, 5.41) is 6.28. The van der Waals surface area contributed by atoms with Gasteiger partial charge in [-0.15, -0.1) is 0 Å². The first-order chi connectivity index (χ1) is 7.59. The molecule has 1 rings (SSSR count). The second kappa shape index (κ2) is 6.21. The lowest BCUT2D eigenvalue weighted by molar-refractivity contribution is -0.122. The number of nitrogens with one attached hydrogen (secondary N) is 2. The summed E-state index contributed by atoms with van der Waals surface area (Å²) < 4.78 is 0. The van der Waals surface area contributed by atoms with Gasteiger partial charge in [0.05, 0.1) is 6.54 Å². The molecule has 1 aliphatic heterocycles. The van der Waals surface area contributed by atoms with E-state index < -0.39 is 0 Å². The van der Waals surface area contributed by atoms with Gasteiger partial charge in [-0.05, 0) is 33.2 Å². The number of likely N-dealkylation sites (tertiary alicyclic amines) is 1. The number of amides is 1. The molecule has 2 N–H and O–H groups in total. The molecule has 0 radical (unpaired) electrons. The zero-order chi connectivity index (χ0) is 12.0. The molecule has 4 nitrogen and oxygen atoms in total. The number of nitrogens with zero attached hydrogens (tertiary/aromatic N) is 1. The number of piperidine rings is 1. The molecule has 1 fully saturated rings. The van der Waals surface area contributed by atoms with Crippen LogP contribution in [0.25, 0.3) is 0 Å². The molecule has 0 unspecified atom stereocenters. The molecule has 0 saturated carbocycles. The van der Waals surface area contributed by atoms with Gasteiger partial charge in [0.1, 0.15) is 0 Å². The maximum atomic E-state index is 11.5. The quantitative estimate of drug-likeness (QED) is 0.722. The smallest absolute Gasteiger partial charge is 0.234 e. The van der Waals surface area contributed by atoms with E-state index >= 15 is 0 Å². The van der Waals surface area contributed by atoms with E-state index in [0.717, 1.165) is 38.9 Å². The molecule has 0 aromatic rings. The summed E-state index contributed by atoms with van der Waals surface area (Å²) >= 11 is 0. The van der Waals surface area contributed by atoms with Gasteiger partial charge in [-0.3, -0.25) is 9.69 Å². The lowest BCUT2D eigenvalue weighted by Gasteiger charge is -2.39. The van der Waals surface area contributed by atoms with E-state index in [2.05, 4.69) is 29.4 Å². The number of hydrogen-bond donors (Lipinski definition) is 2. The Bertz CT molecular complexity index is 222. The largest absolute Gasteiger partial charge is 0.355 e. The third-order valence-corrected chi connectivity index (χ3v) is 3.50. The summed E-state index contributed by atoms with van der Waals surface area (Å²) in [7, 11) is 2.02. The van der Waals surface area contributed by atoms with Crippen LogP contribution in [0.4, 0.5) is 0 Å². The molecule has 0 aromatic carbocycles. The van der Waals surface area contributed by atoms with Crippen LogP contribution in [-0.4, -0.2) is 49.6 Å². The van der Waals surface area contributed by atoms with Crippen LogP contribution < -0.4 is 10.6 Å². The van der Waals surface area contributed by atoms with Crippen molar-refractivity contribution >= 4 is 5.91 Å². The molecule has 16 heavy (non-hydrogen) atoms. The first-order valence-corrected chi connectivity index (χ1v) is 6.27. The zero-order valence-corrected chi connectivity index (χ0v) is 10.8. The van der Waals surface area contributed by atoms with Crippen molar-refractivity contribution in [2.75, 3.05) is 33.2 Å². The number of hydrogen-bond acceptors (Lipinski definition) is 3. The Balaban J connectivity index is 2.24. The van der Waals surface area contributed by atoms with Crippen LogP contribution in [0.3, 0.4) is 0 Å². The minimum atomic E-state index is 0.162. The average molecular weight is 227 g/mol. The molecule has 1 amide bonds. The van der Waals surface area contributed by atoms with E-state index in [-0.39, 0.29) is 11.4 Å². The molecule has 4 heteroatoms. The van der Waals surface area contributed by atoms with Gasteiger partial charge >= 0.3 is 0 Å². The fourth-order valence-electron chi connectivity index (χ4n) is 1.98. The predicted molar refractivity (Wildman–Crippen MR) is 66.4 cm³/mol. The van der Waals surface area contributed by atoms with Crippen LogP contribution in [0.5, 0.6) is 0 Å². The lowest BCUT2D eigenvalue weighted by atomic mass is 9.90. The normalized spacial score (nSPS) is 20.7. The van der Waals surface area contributed by atoms with Crippen LogP contribution in [-0.2, 0) is 4.79 Å². The van der Waals surface area contributed by atoms with Crippen molar-refractivity contribution in [2.45, 2.75) is 38.6 Å². The van der Waals surface area contributed by atoms with E-state index in [1.807, 2.05) is 7.05 Å². The fraction of sp³-hybridized carbons (Fsp3) is 0.917. The predicted octanol–water partition coefficient (Wildman–Crippen LogP) is 0.587. The molecule has 1 heterocycles. The van der Waals surface area contributed by atoms with Gasteiger partial charge in [0.2, 0.25) is 5.91 Å². The van der Waals surface area contributed by atoms with E-state index in [1.54, 1.807) is 0 Å². The van der Waals surface area contributed by atoms with E-state index in [9.17, 15) is 4.79 Å². The minimum absolute atomic E-state index is 0.162. The minimum Gasteiger partial charge on any atom is -0.355 e. The monoisotopic (exact) mass is 227 g/mol. The van der Waals surface area contributed by atoms with Crippen LogP contribution in [0.15, 0.2) is 0 Å². The first kappa shape index (κ1) is 13.5. The summed E-state index contributed by atoms with van der Waals surface area (Å²) in [6.45, 7) is 7.69. The highest BCUT2D eigenvalue weighted by Crippen LogP contribution is 2.20. The highest BCUT2D eigenvalue weighted by molar-refractivity contribution is 5.77. The molecule has 0 spiro atoms. The Kier molecular flexibility index (Phi) is 5.22. The van der Waals surface area contributed by atoms with Gasteiger partial charge in [0.15, 0.2) is 0 Å². The topological polar surface area (TPSA) is 44.4 Å². The van der Waals surface area contributed by atoms with Crippen LogP contribution in [0, 0.1) is 0 Å². The molecule has 94 valence electrons. The van der Waals surface area contributed by atoms with Gasteiger partial charge < -0.3 is 10.6 Å². The molecular formula is C12H25N3O. The number of carbonyl (C=O) groups is 1. The number of rotatable bonds is 5. The Hall–Kier alpha value is -0.610. The fourth-order valence-corrected chi connectivity index (χ4v) is 1.98. The van der Waals surface area contributed by atoms with E-state index in [1.165, 1.54) is 0 Å². The Morgan fingerprint density at radius 3 is 2.50 bits per heavy atom. The molecule has 0 bridgehead atoms. The van der Waals surface area contributed by atoms with Gasteiger partial charge in [-0.25, -0.2) is 0 Å². The maximum Gasteiger partial charge on any atom is 0.234 e. The van der Waals surface area contributed by atoms with E-state index in [4.69, 9.17) is 0 Å². The van der Waals surface area contributed by atoms with Crippen LogP contribution >= 0.6 is 0 Å². The van der Waals surface area contributed by atoms with Gasteiger partial charge in [0.25, 0.3) is 0 Å². The summed E-state index contributed by atoms with van der Waals surface area (Å²) in [6, 6.07) is 0. The van der Waals surface area contributed by atoms with Gasteiger partial charge in [-0.1, -0.05) is 6.92 Å². The highest BCUT2D eigenvalue weighted by Gasteiger charge is 2.28. The second-order valence-electron chi connectivity index (χ2n) is 4.94. The van der Waals surface area contributed by atoms with E-state index in [0.29, 0.717) is 6.54 Å². The molecule has 0 atom stereocenters. The second-order valence-corrected chi connectivity index (χ2v) is 4.94. The SMILES string of the molecule is CCCNC(=O)CN1CCC(C)(NC)CC1. The molecule has 1 aliphatic rings. The summed E-state index contributed by atoms with van der Waals surface area (Å²) in [5.74, 6) is 0.162. The van der Waals surface area contributed by atoms with Crippen molar-refractivity contribution in [3.05, 3.63) is 0 Å². The first-order valence-electron chi connectivity index (χ1n) is 6.27. The summed E-state index contributed by atoms with van der Waals surface area (Å²) in [6.07, 6.45) is 3.23. The maximum absolute atomic E-state index is 11.5. The Morgan fingerprint density at radius 2 is 2.00 bits per heavy atom. The third kappa shape index (κ3) is 4.10. The summed E-state index contributed by atoms with van der Waals surface area (Å²) in [4.78, 5) is 13.8. The average Bonchev–Trinajstić information content (AvgIpc) is 2.30. The van der Waals surface area contributed by atoms with Crippen molar-refractivity contribution in [1.29, 1.82) is 0 Å². The zero-order valence-electron chi connectivity index (χ0n) is 10.8. The standard InChI is InChI=1S/C12H25N3O/c1-4-7-14-11(16)10-15-8-5-12(2,13-3)6-9-15/h13H,4-10H2,1-3H3,(H,14,16). The number of carbonyl (C=O) groups excluding carboxylic acids is 1. The van der Waals surface area contributed by atoms with Gasteiger partial charge in [0, 0.05) is 25.2 Å². The van der Waals surface area contributed by atoms with Crippen molar-refractivity contribution < 1.29 is 4.79 Å². The Morgan fingerprint density at radius 1 is 1.38 bits per heavy atom.